The Bertz CT molecular complexity index is 62.8. The van der Waals surface area contributed by atoms with Crippen LogP contribution in [0.1, 0.15) is 13.8 Å². The first-order valence-corrected chi connectivity index (χ1v) is 3.17. The minimum absolute atomic E-state index is 0. The summed E-state index contributed by atoms with van der Waals surface area (Å²) < 4.78 is -0.750. The zero-order chi connectivity index (χ0) is 7.15. The van der Waals surface area contributed by atoms with Crippen LogP contribution in [0.15, 0.2) is 0 Å². The average Bonchev–Trinajstić information content (AvgIpc) is 1.25. The highest BCUT2D eigenvalue weighted by Gasteiger charge is 1.78. The molecule has 0 atom stereocenters. The second-order valence-corrected chi connectivity index (χ2v) is 3.14. The van der Waals surface area contributed by atoms with E-state index in [9.17, 15) is 4.79 Å². The molecule has 0 spiro atoms. The monoisotopic (exact) mass is 211 g/mol. The molecule has 6 heteroatoms. The SMILES string of the molecule is CC(C)=O.ClC(Cl)Cl.N.O. The minimum Gasteiger partial charge on any atom is -0.412 e. The van der Waals surface area contributed by atoms with Gasteiger partial charge in [0.2, 0.25) is 0 Å². The van der Waals surface area contributed by atoms with E-state index in [4.69, 9.17) is 34.8 Å². The maximum atomic E-state index is 9.44. The van der Waals surface area contributed by atoms with Gasteiger partial charge in [-0.25, -0.2) is 0 Å². The lowest BCUT2D eigenvalue weighted by molar-refractivity contribution is -0.114. The van der Waals surface area contributed by atoms with E-state index in [1.807, 2.05) is 0 Å². The highest BCUT2D eigenvalue weighted by molar-refractivity contribution is 6.63. The number of carbonyl (C=O) groups is 1. The Morgan fingerprint density at radius 3 is 1.20 bits per heavy atom. The number of rotatable bonds is 0. The van der Waals surface area contributed by atoms with Crippen molar-refractivity contribution in [3.63, 3.8) is 0 Å². The Kier molecular flexibility index (Phi) is 36.4. The third-order valence-electron chi connectivity index (χ3n) is 0. The van der Waals surface area contributed by atoms with Gasteiger partial charge >= 0.3 is 0 Å². The van der Waals surface area contributed by atoms with Crippen LogP contribution in [0.5, 0.6) is 0 Å². The molecule has 0 fully saturated rings. The van der Waals surface area contributed by atoms with E-state index in [-0.39, 0.29) is 17.4 Å². The second-order valence-electron chi connectivity index (χ2n) is 1.16. The molecule has 0 rings (SSSR count). The van der Waals surface area contributed by atoms with Crippen LogP contribution >= 0.6 is 34.8 Å². The molecule has 0 radical (unpaired) electrons. The highest BCUT2D eigenvalue weighted by atomic mass is 35.6. The molecule has 0 amide bonds. The van der Waals surface area contributed by atoms with E-state index >= 15 is 0 Å². The molecule has 0 heterocycles. The zero-order valence-electron chi connectivity index (χ0n) is 5.83. The van der Waals surface area contributed by atoms with Gasteiger partial charge in [0.05, 0.1) is 0 Å². The van der Waals surface area contributed by atoms with Gasteiger partial charge in [-0.2, -0.15) is 0 Å². The van der Waals surface area contributed by atoms with Crippen LogP contribution < -0.4 is 6.15 Å². The van der Waals surface area contributed by atoms with Crippen molar-refractivity contribution < 1.29 is 10.3 Å². The first kappa shape index (κ1) is 22.4. The molecule has 0 aliphatic rings. The number of halogens is 3. The molecule has 0 aromatic rings. The van der Waals surface area contributed by atoms with Gasteiger partial charge in [-0.1, -0.05) is 34.8 Å². The van der Waals surface area contributed by atoms with Crippen LogP contribution in [0.2, 0.25) is 0 Å². The number of Topliss-reactive ketones (excluding diaryl/α,β-unsaturated/α-hetero) is 1. The maximum Gasteiger partial charge on any atom is 0.180 e. The van der Waals surface area contributed by atoms with Gasteiger partial charge in [0.1, 0.15) is 5.78 Å². The highest BCUT2D eigenvalue weighted by Crippen LogP contribution is 2.03. The van der Waals surface area contributed by atoms with Crippen molar-refractivity contribution in [1.29, 1.82) is 0 Å². The van der Waals surface area contributed by atoms with E-state index in [1.165, 1.54) is 13.8 Å². The van der Waals surface area contributed by atoms with Gasteiger partial charge in [0.25, 0.3) is 0 Å². The topological polar surface area (TPSA) is 83.6 Å². The molecule has 3 nitrogen and oxygen atoms in total. The number of ketones is 1. The molecule has 0 aromatic carbocycles. The number of alkyl halides is 3. The van der Waals surface area contributed by atoms with Gasteiger partial charge in [-0.15, -0.1) is 0 Å². The molecule has 0 aliphatic carbocycles. The first-order chi connectivity index (χ1) is 3.46. The maximum absolute atomic E-state index is 9.44. The lowest BCUT2D eigenvalue weighted by Crippen LogP contribution is -1.69. The van der Waals surface area contributed by atoms with Crippen molar-refractivity contribution in [2.45, 2.75) is 18.1 Å². The smallest absolute Gasteiger partial charge is 0.180 e. The first-order valence-electron chi connectivity index (χ1n) is 1.86. The molecule has 0 saturated heterocycles. The Morgan fingerprint density at radius 1 is 1.20 bits per heavy atom. The summed E-state index contributed by atoms with van der Waals surface area (Å²) in [6.45, 7) is 3.06. The predicted octanol–water partition coefficient (Wildman–Crippen LogP) is 1.92. The van der Waals surface area contributed by atoms with E-state index in [0.29, 0.717) is 0 Å². The van der Waals surface area contributed by atoms with Gasteiger partial charge in [0, 0.05) is 0 Å². The third kappa shape index (κ3) is 2230. The molecular formula is C4H12Cl3NO2. The fourth-order valence-corrected chi connectivity index (χ4v) is 0. The van der Waals surface area contributed by atoms with Crippen molar-refractivity contribution in [2.24, 2.45) is 0 Å². The molecule has 0 aromatic heterocycles. The molecule has 5 N–H and O–H groups in total. The van der Waals surface area contributed by atoms with Gasteiger partial charge < -0.3 is 16.4 Å². The van der Waals surface area contributed by atoms with Gasteiger partial charge in [0.15, 0.2) is 4.30 Å². The molecule has 66 valence electrons. The lowest BCUT2D eigenvalue weighted by atomic mass is 10.6. The van der Waals surface area contributed by atoms with Crippen LogP contribution in [0.3, 0.4) is 0 Å². The quantitative estimate of drug-likeness (QED) is 0.622. The van der Waals surface area contributed by atoms with Crippen molar-refractivity contribution in [3.05, 3.63) is 0 Å². The van der Waals surface area contributed by atoms with Crippen molar-refractivity contribution in [2.75, 3.05) is 0 Å². The lowest BCUT2D eigenvalue weighted by Gasteiger charge is -1.69. The van der Waals surface area contributed by atoms with E-state index in [1.54, 1.807) is 0 Å². The standard InChI is InChI=1S/C3H6O.CHCl3.H3N.H2O/c1-3(2)4;2-1(3)4;;/h1-2H3;1H;1H3;1H2. The average molecular weight is 213 g/mol. The van der Waals surface area contributed by atoms with Crippen LogP contribution in [0, 0.1) is 0 Å². The fourth-order valence-electron chi connectivity index (χ4n) is 0. The fraction of sp³-hybridized carbons (Fsp3) is 0.750. The Balaban J connectivity index is -0.0000000300. The van der Waals surface area contributed by atoms with Crippen LogP contribution in [-0.2, 0) is 4.79 Å². The summed E-state index contributed by atoms with van der Waals surface area (Å²) in [4.78, 5) is 9.44. The van der Waals surface area contributed by atoms with Crippen LogP contribution in [-0.4, -0.2) is 15.6 Å². The molecule has 0 bridgehead atoms. The summed E-state index contributed by atoms with van der Waals surface area (Å²) in [5.74, 6) is 0.167. The Hall–Kier alpha value is 0.460. The van der Waals surface area contributed by atoms with Crippen LogP contribution in [0.25, 0.3) is 0 Å². The minimum atomic E-state index is -0.750. The number of carbonyl (C=O) groups excluding carboxylic acids is 1. The summed E-state index contributed by atoms with van der Waals surface area (Å²) in [6, 6.07) is 0. The summed E-state index contributed by atoms with van der Waals surface area (Å²) in [5.41, 5.74) is 0. The number of hydrogen-bond donors (Lipinski definition) is 1. The third-order valence-corrected chi connectivity index (χ3v) is 0. The normalized spacial score (nSPS) is 6.20. The Labute approximate surface area is 75.5 Å². The largest absolute Gasteiger partial charge is 0.412 e. The van der Waals surface area contributed by atoms with Gasteiger partial charge in [-0.3, -0.25) is 0 Å². The van der Waals surface area contributed by atoms with Crippen molar-refractivity contribution >= 4 is 40.6 Å². The van der Waals surface area contributed by atoms with Crippen LogP contribution in [0.4, 0.5) is 0 Å². The second kappa shape index (κ2) is 16.2. The summed E-state index contributed by atoms with van der Waals surface area (Å²) in [7, 11) is 0. The van der Waals surface area contributed by atoms with Gasteiger partial charge in [-0.05, 0) is 13.8 Å². The Morgan fingerprint density at radius 2 is 1.20 bits per heavy atom. The molecule has 10 heavy (non-hydrogen) atoms. The summed E-state index contributed by atoms with van der Waals surface area (Å²) in [5, 5.41) is 0. The molecule has 0 unspecified atom stereocenters. The zero-order valence-corrected chi connectivity index (χ0v) is 8.09. The van der Waals surface area contributed by atoms with Crippen molar-refractivity contribution in [1.82, 2.24) is 6.15 Å². The molecular weight excluding hydrogens is 200 g/mol. The van der Waals surface area contributed by atoms with E-state index in [2.05, 4.69) is 0 Å². The number of hydrogen-bond acceptors (Lipinski definition) is 2. The summed E-state index contributed by atoms with van der Waals surface area (Å²) in [6.07, 6.45) is 0. The molecule has 0 saturated carbocycles. The van der Waals surface area contributed by atoms with E-state index in [0.717, 1.165) is 0 Å². The van der Waals surface area contributed by atoms with Crippen molar-refractivity contribution in [3.8, 4) is 0 Å². The molecule has 0 aliphatic heterocycles. The predicted molar refractivity (Wildman–Crippen MR) is 46.3 cm³/mol. The summed E-state index contributed by atoms with van der Waals surface area (Å²) >= 11 is 14.4. The van der Waals surface area contributed by atoms with E-state index < -0.39 is 4.30 Å².